The van der Waals surface area contributed by atoms with Crippen LogP contribution < -0.4 is 10.5 Å². The minimum atomic E-state index is 0.235. The average molecular weight is 301 g/mol. The van der Waals surface area contributed by atoms with Gasteiger partial charge in [0, 0.05) is 36.7 Å². The Bertz CT molecular complexity index is 430. The maximum atomic E-state index is 6.22. The summed E-state index contributed by atoms with van der Waals surface area (Å²) in [5.74, 6) is 3.05. The summed E-state index contributed by atoms with van der Waals surface area (Å²) in [6.45, 7) is 3.95. The molecule has 106 valence electrons. The lowest BCUT2D eigenvalue weighted by molar-refractivity contribution is 0.166. The molecule has 0 radical (unpaired) electrons. The van der Waals surface area contributed by atoms with Crippen LogP contribution in [0.4, 0.5) is 0 Å². The van der Waals surface area contributed by atoms with Gasteiger partial charge >= 0.3 is 0 Å². The Morgan fingerprint density at radius 1 is 1.58 bits per heavy atom. The van der Waals surface area contributed by atoms with Crippen LogP contribution in [0.3, 0.4) is 0 Å². The molecule has 0 bridgehead atoms. The Kier molecular flexibility index (Phi) is 5.39. The third-order valence-electron chi connectivity index (χ3n) is 3.60. The highest BCUT2D eigenvalue weighted by Gasteiger charge is 2.26. The second-order valence-electron chi connectivity index (χ2n) is 4.81. The zero-order chi connectivity index (χ0) is 13.8. The van der Waals surface area contributed by atoms with E-state index >= 15 is 0 Å². The number of nitrogens with zero attached hydrogens (tertiary/aromatic N) is 1. The summed E-state index contributed by atoms with van der Waals surface area (Å²) in [5.41, 5.74) is 7.17. The third kappa shape index (κ3) is 3.37. The van der Waals surface area contributed by atoms with E-state index in [1.54, 1.807) is 7.11 Å². The second-order valence-corrected chi connectivity index (χ2v) is 6.36. The highest BCUT2D eigenvalue weighted by Crippen LogP contribution is 2.32. The molecular formula is C14H21ClN2OS. The molecule has 1 saturated heterocycles. The highest BCUT2D eigenvalue weighted by atomic mass is 35.5. The molecule has 1 aromatic carbocycles. The lowest BCUT2D eigenvalue weighted by Gasteiger charge is -2.39. The summed E-state index contributed by atoms with van der Waals surface area (Å²) in [6, 6.07) is 6.75. The van der Waals surface area contributed by atoms with E-state index in [0.717, 1.165) is 6.54 Å². The minimum absolute atomic E-state index is 0.235. The van der Waals surface area contributed by atoms with Crippen molar-refractivity contribution in [2.24, 2.45) is 5.73 Å². The van der Waals surface area contributed by atoms with Crippen molar-refractivity contribution in [3.63, 3.8) is 0 Å². The van der Waals surface area contributed by atoms with E-state index in [9.17, 15) is 0 Å². The number of halogens is 1. The van der Waals surface area contributed by atoms with Crippen molar-refractivity contribution in [1.82, 2.24) is 4.90 Å². The molecule has 2 atom stereocenters. The summed E-state index contributed by atoms with van der Waals surface area (Å²) in [7, 11) is 1.63. The number of hydrogen-bond acceptors (Lipinski definition) is 4. The number of methoxy groups -OCH3 is 1. The SMILES string of the molecule is COc1ccc(C(CN)N2CCSCC2C)cc1Cl. The number of rotatable bonds is 4. The van der Waals surface area contributed by atoms with E-state index in [4.69, 9.17) is 22.1 Å². The summed E-state index contributed by atoms with van der Waals surface area (Å²) >= 11 is 8.23. The lowest BCUT2D eigenvalue weighted by atomic mass is 10.0. The fourth-order valence-corrected chi connectivity index (χ4v) is 3.86. The largest absolute Gasteiger partial charge is 0.495 e. The Morgan fingerprint density at radius 3 is 2.95 bits per heavy atom. The van der Waals surface area contributed by atoms with E-state index in [0.29, 0.717) is 23.4 Å². The maximum absolute atomic E-state index is 6.22. The Morgan fingerprint density at radius 2 is 2.37 bits per heavy atom. The molecule has 1 heterocycles. The van der Waals surface area contributed by atoms with Gasteiger partial charge in [0.2, 0.25) is 0 Å². The molecule has 0 amide bonds. The first-order chi connectivity index (χ1) is 9.17. The maximum Gasteiger partial charge on any atom is 0.137 e. The number of benzene rings is 1. The third-order valence-corrected chi connectivity index (χ3v) is 5.09. The summed E-state index contributed by atoms with van der Waals surface area (Å²) in [5, 5.41) is 0.650. The molecule has 2 unspecified atom stereocenters. The zero-order valence-electron chi connectivity index (χ0n) is 11.4. The molecule has 3 nitrogen and oxygen atoms in total. The van der Waals surface area contributed by atoms with Gasteiger partial charge in [-0.25, -0.2) is 0 Å². The molecule has 1 fully saturated rings. The van der Waals surface area contributed by atoms with E-state index in [1.165, 1.54) is 17.1 Å². The first kappa shape index (κ1) is 15.0. The quantitative estimate of drug-likeness (QED) is 0.928. The molecule has 19 heavy (non-hydrogen) atoms. The van der Waals surface area contributed by atoms with Crippen LogP contribution in [-0.2, 0) is 0 Å². The van der Waals surface area contributed by atoms with Crippen molar-refractivity contribution in [2.45, 2.75) is 19.0 Å². The van der Waals surface area contributed by atoms with E-state index in [2.05, 4.69) is 17.9 Å². The zero-order valence-corrected chi connectivity index (χ0v) is 13.0. The van der Waals surface area contributed by atoms with Crippen LogP contribution in [0.5, 0.6) is 5.75 Å². The molecule has 0 spiro atoms. The van der Waals surface area contributed by atoms with Crippen molar-refractivity contribution in [3.05, 3.63) is 28.8 Å². The molecular weight excluding hydrogens is 280 g/mol. The van der Waals surface area contributed by atoms with Crippen molar-refractivity contribution in [1.29, 1.82) is 0 Å². The van der Waals surface area contributed by atoms with Crippen LogP contribution >= 0.6 is 23.4 Å². The van der Waals surface area contributed by atoms with Gasteiger partial charge in [0.05, 0.1) is 12.1 Å². The molecule has 2 rings (SSSR count). The van der Waals surface area contributed by atoms with Gasteiger partial charge in [-0.05, 0) is 24.6 Å². The summed E-state index contributed by atoms with van der Waals surface area (Å²) in [6.07, 6.45) is 0. The van der Waals surface area contributed by atoms with Crippen LogP contribution in [0.25, 0.3) is 0 Å². The first-order valence-corrected chi connectivity index (χ1v) is 8.07. The van der Waals surface area contributed by atoms with E-state index < -0.39 is 0 Å². The minimum Gasteiger partial charge on any atom is -0.495 e. The summed E-state index contributed by atoms with van der Waals surface area (Å²) in [4.78, 5) is 2.48. The molecule has 1 aromatic rings. The van der Waals surface area contributed by atoms with Crippen LogP contribution in [0.2, 0.25) is 5.02 Å². The van der Waals surface area contributed by atoms with Crippen LogP contribution in [0.15, 0.2) is 18.2 Å². The number of thioether (sulfide) groups is 1. The van der Waals surface area contributed by atoms with Gasteiger partial charge in [0.15, 0.2) is 0 Å². The highest BCUT2D eigenvalue weighted by molar-refractivity contribution is 7.99. The topological polar surface area (TPSA) is 38.5 Å². The van der Waals surface area contributed by atoms with Gasteiger partial charge < -0.3 is 10.5 Å². The Labute approximate surface area is 124 Å². The van der Waals surface area contributed by atoms with Gasteiger partial charge in [-0.1, -0.05) is 17.7 Å². The molecule has 2 N–H and O–H groups in total. The van der Waals surface area contributed by atoms with Gasteiger partial charge in [0.25, 0.3) is 0 Å². The number of nitrogens with two attached hydrogens (primary N) is 1. The molecule has 1 aliphatic rings. The molecule has 5 heteroatoms. The van der Waals surface area contributed by atoms with Crippen LogP contribution in [0, 0.1) is 0 Å². The summed E-state index contributed by atoms with van der Waals surface area (Å²) < 4.78 is 5.20. The monoisotopic (exact) mass is 300 g/mol. The average Bonchev–Trinajstić information content (AvgIpc) is 2.42. The first-order valence-electron chi connectivity index (χ1n) is 6.54. The van der Waals surface area contributed by atoms with Crippen molar-refractivity contribution in [3.8, 4) is 5.75 Å². The predicted octanol–water partition coefficient (Wildman–Crippen LogP) is 2.79. The lowest BCUT2D eigenvalue weighted by Crippen LogP contribution is -2.45. The van der Waals surface area contributed by atoms with Gasteiger partial charge in [-0.2, -0.15) is 11.8 Å². The second kappa shape index (κ2) is 6.84. The van der Waals surface area contributed by atoms with Gasteiger partial charge in [-0.15, -0.1) is 0 Å². The number of hydrogen-bond donors (Lipinski definition) is 1. The van der Waals surface area contributed by atoms with E-state index in [-0.39, 0.29) is 6.04 Å². The Balaban J connectivity index is 2.23. The fourth-order valence-electron chi connectivity index (χ4n) is 2.56. The fraction of sp³-hybridized carbons (Fsp3) is 0.571. The van der Waals surface area contributed by atoms with Crippen molar-refractivity contribution < 1.29 is 4.74 Å². The van der Waals surface area contributed by atoms with Crippen molar-refractivity contribution in [2.75, 3.05) is 31.7 Å². The molecule has 1 aliphatic heterocycles. The van der Waals surface area contributed by atoms with Crippen LogP contribution in [-0.4, -0.2) is 42.6 Å². The molecule has 0 saturated carbocycles. The molecule has 0 aromatic heterocycles. The van der Waals surface area contributed by atoms with E-state index in [1.807, 2.05) is 23.9 Å². The smallest absolute Gasteiger partial charge is 0.137 e. The standard InChI is InChI=1S/C14H21ClN2OS/c1-10-9-19-6-5-17(10)13(8-16)11-3-4-14(18-2)12(15)7-11/h3-4,7,10,13H,5-6,8-9,16H2,1-2H3. The Hall–Kier alpha value is -0.420. The molecule has 0 aliphatic carbocycles. The number of ether oxygens (including phenoxy) is 1. The van der Waals surface area contributed by atoms with Crippen molar-refractivity contribution >= 4 is 23.4 Å². The normalized spacial score (nSPS) is 22.2. The predicted molar refractivity (Wildman–Crippen MR) is 83.3 cm³/mol. The van der Waals surface area contributed by atoms with Crippen LogP contribution in [0.1, 0.15) is 18.5 Å². The van der Waals surface area contributed by atoms with Gasteiger partial charge in [-0.3, -0.25) is 4.90 Å². The van der Waals surface area contributed by atoms with Gasteiger partial charge in [0.1, 0.15) is 5.75 Å².